The van der Waals surface area contributed by atoms with E-state index in [1.54, 1.807) is 20.8 Å². The van der Waals surface area contributed by atoms with E-state index in [9.17, 15) is 22.8 Å². The first-order valence-corrected chi connectivity index (χ1v) is 8.21. The molecule has 2 heterocycles. The quantitative estimate of drug-likeness (QED) is 0.820. The standard InChI is InChI=1S/C15H19F3N2O3S/c1-8(23-4)7-20-12(21)11-9(2)10(3)24-13(11)19(14(20)22)6-5-15(16,17)18/h8H,5-7H2,1-4H3. The molecule has 0 aliphatic rings. The lowest BCUT2D eigenvalue weighted by atomic mass is 10.2. The van der Waals surface area contributed by atoms with Crippen LogP contribution in [-0.4, -0.2) is 28.5 Å². The van der Waals surface area contributed by atoms with Gasteiger partial charge in [0.2, 0.25) is 0 Å². The molecule has 1 unspecified atom stereocenters. The van der Waals surface area contributed by atoms with Crippen LogP contribution in [0.3, 0.4) is 0 Å². The van der Waals surface area contributed by atoms with E-state index in [1.807, 2.05) is 0 Å². The summed E-state index contributed by atoms with van der Waals surface area (Å²) < 4.78 is 44.9. The maximum absolute atomic E-state index is 12.7. The zero-order chi connectivity index (χ0) is 18.2. The first-order valence-electron chi connectivity index (χ1n) is 7.39. The molecule has 2 rings (SSSR count). The summed E-state index contributed by atoms with van der Waals surface area (Å²) in [4.78, 5) is 26.4. The largest absolute Gasteiger partial charge is 0.390 e. The van der Waals surface area contributed by atoms with Crippen LogP contribution in [-0.2, 0) is 17.8 Å². The van der Waals surface area contributed by atoms with E-state index in [4.69, 9.17) is 4.74 Å². The average molecular weight is 364 g/mol. The van der Waals surface area contributed by atoms with Gasteiger partial charge in [-0.2, -0.15) is 13.2 Å². The number of halogens is 3. The molecule has 0 radical (unpaired) electrons. The molecule has 0 N–H and O–H groups in total. The van der Waals surface area contributed by atoms with Crippen molar-refractivity contribution in [3.63, 3.8) is 0 Å². The normalized spacial score (nSPS) is 13.6. The van der Waals surface area contributed by atoms with Gasteiger partial charge in [-0.1, -0.05) is 0 Å². The second kappa shape index (κ2) is 6.72. The van der Waals surface area contributed by atoms with Crippen molar-refractivity contribution in [2.45, 2.75) is 52.6 Å². The van der Waals surface area contributed by atoms with Gasteiger partial charge in [0.05, 0.1) is 24.5 Å². The summed E-state index contributed by atoms with van der Waals surface area (Å²) in [5, 5.41) is 0.308. The molecule has 5 nitrogen and oxygen atoms in total. The molecule has 0 aliphatic carbocycles. The van der Waals surface area contributed by atoms with Gasteiger partial charge in [-0.05, 0) is 26.3 Å². The van der Waals surface area contributed by atoms with E-state index in [-0.39, 0.29) is 6.54 Å². The third-order valence-electron chi connectivity index (χ3n) is 3.99. The smallest absolute Gasteiger partial charge is 0.380 e. The van der Waals surface area contributed by atoms with Crippen LogP contribution in [0.4, 0.5) is 13.2 Å². The number of thiophene rings is 1. The van der Waals surface area contributed by atoms with Gasteiger partial charge in [-0.15, -0.1) is 11.3 Å². The Balaban J connectivity index is 2.72. The lowest BCUT2D eigenvalue weighted by molar-refractivity contribution is -0.136. The Morgan fingerprint density at radius 3 is 2.38 bits per heavy atom. The molecule has 9 heteroatoms. The second-order valence-electron chi connectivity index (χ2n) is 5.72. The Kier molecular flexibility index (Phi) is 5.24. The van der Waals surface area contributed by atoms with Crippen molar-refractivity contribution in [2.75, 3.05) is 7.11 Å². The second-order valence-corrected chi connectivity index (χ2v) is 6.93. The van der Waals surface area contributed by atoms with Crippen LogP contribution in [0.25, 0.3) is 10.2 Å². The lowest BCUT2D eigenvalue weighted by Crippen LogP contribution is -2.42. The highest BCUT2D eigenvalue weighted by molar-refractivity contribution is 7.18. The Hall–Kier alpha value is -1.61. The van der Waals surface area contributed by atoms with E-state index in [2.05, 4.69) is 0 Å². The Labute approximate surface area is 140 Å². The molecule has 0 spiro atoms. The van der Waals surface area contributed by atoms with Gasteiger partial charge in [-0.3, -0.25) is 13.9 Å². The van der Waals surface area contributed by atoms with Gasteiger partial charge in [0.25, 0.3) is 5.56 Å². The van der Waals surface area contributed by atoms with Crippen LogP contribution >= 0.6 is 11.3 Å². The molecule has 0 aromatic carbocycles. The Morgan fingerprint density at radius 2 is 1.83 bits per heavy atom. The van der Waals surface area contributed by atoms with E-state index in [0.717, 1.165) is 14.0 Å². The SMILES string of the molecule is COC(C)Cn1c(=O)c2c(C)c(C)sc2n(CCC(F)(F)F)c1=O. The molecule has 0 amide bonds. The van der Waals surface area contributed by atoms with Gasteiger partial charge in [0.15, 0.2) is 0 Å². The molecular weight excluding hydrogens is 345 g/mol. The zero-order valence-corrected chi connectivity index (χ0v) is 14.7. The summed E-state index contributed by atoms with van der Waals surface area (Å²) in [5.41, 5.74) is -0.523. The van der Waals surface area contributed by atoms with Crippen molar-refractivity contribution < 1.29 is 17.9 Å². The summed E-state index contributed by atoms with van der Waals surface area (Å²) >= 11 is 1.17. The third-order valence-corrected chi connectivity index (χ3v) is 5.22. The van der Waals surface area contributed by atoms with Gasteiger partial charge < -0.3 is 4.74 Å². The number of hydrogen-bond donors (Lipinski definition) is 0. The van der Waals surface area contributed by atoms with E-state index < -0.39 is 36.5 Å². The number of fused-ring (bicyclic) bond motifs is 1. The van der Waals surface area contributed by atoms with Crippen molar-refractivity contribution >= 4 is 21.6 Å². The van der Waals surface area contributed by atoms with E-state index in [0.29, 0.717) is 15.8 Å². The summed E-state index contributed by atoms with van der Waals surface area (Å²) in [6.45, 7) is 4.67. The van der Waals surface area contributed by atoms with Gasteiger partial charge in [0.1, 0.15) is 4.83 Å². The van der Waals surface area contributed by atoms with Gasteiger partial charge >= 0.3 is 11.9 Å². The molecular formula is C15H19F3N2O3S. The van der Waals surface area contributed by atoms with Crippen LogP contribution in [0.5, 0.6) is 0 Å². The monoisotopic (exact) mass is 364 g/mol. The minimum absolute atomic E-state index is 0.00947. The molecule has 0 saturated carbocycles. The van der Waals surface area contributed by atoms with Crippen molar-refractivity contribution in [3.8, 4) is 0 Å². The molecule has 2 aromatic heterocycles. The predicted molar refractivity (Wildman–Crippen MR) is 87.0 cm³/mol. The number of alkyl halides is 3. The molecule has 0 saturated heterocycles. The molecule has 0 fully saturated rings. The predicted octanol–water partition coefficient (Wildman–Crippen LogP) is 2.83. The highest BCUT2D eigenvalue weighted by atomic mass is 32.1. The fourth-order valence-electron chi connectivity index (χ4n) is 2.43. The molecule has 0 aliphatic heterocycles. The van der Waals surface area contributed by atoms with E-state index >= 15 is 0 Å². The summed E-state index contributed by atoms with van der Waals surface area (Å²) in [6.07, 6.45) is -5.92. The number of methoxy groups -OCH3 is 1. The van der Waals surface area contributed by atoms with Crippen LogP contribution in [0.2, 0.25) is 0 Å². The highest BCUT2D eigenvalue weighted by Gasteiger charge is 2.28. The number of aromatic nitrogens is 2. The molecule has 1 atom stereocenters. The van der Waals surface area contributed by atoms with Crippen LogP contribution in [0.15, 0.2) is 9.59 Å². The minimum atomic E-state index is -4.38. The lowest BCUT2D eigenvalue weighted by Gasteiger charge is -2.15. The van der Waals surface area contributed by atoms with Gasteiger partial charge in [-0.25, -0.2) is 4.79 Å². The number of nitrogens with zero attached hydrogens (tertiary/aromatic N) is 2. The summed E-state index contributed by atoms with van der Waals surface area (Å²) in [7, 11) is 1.44. The summed E-state index contributed by atoms with van der Waals surface area (Å²) in [6, 6.07) is 0. The van der Waals surface area contributed by atoms with Crippen LogP contribution in [0, 0.1) is 13.8 Å². The van der Waals surface area contributed by atoms with Gasteiger partial charge in [0, 0.05) is 18.5 Å². The topological polar surface area (TPSA) is 53.2 Å². The zero-order valence-electron chi connectivity index (χ0n) is 13.9. The van der Waals surface area contributed by atoms with Crippen molar-refractivity contribution in [1.82, 2.24) is 9.13 Å². The number of ether oxygens (including phenoxy) is 1. The van der Waals surface area contributed by atoms with Crippen LogP contribution < -0.4 is 11.2 Å². The first-order chi connectivity index (χ1) is 11.1. The van der Waals surface area contributed by atoms with Crippen molar-refractivity contribution in [3.05, 3.63) is 31.3 Å². The van der Waals surface area contributed by atoms with E-state index in [1.165, 1.54) is 18.4 Å². The Morgan fingerprint density at radius 1 is 1.21 bits per heavy atom. The van der Waals surface area contributed by atoms with Crippen molar-refractivity contribution in [2.24, 2.45) is 0 Å². The number of hydrogen-bond acceptors (Lipinski definition) is 4. The maximum Gasteiger partial charge on any atom is 0.390 e. The first kappa shape index (κ1) is 18.7. The average Bonchev–Trinajstić information content (AvgIpc) is 2.77. The summed E-state index contributed by atoms with van der Waals surface area (Å²) in [5.74, 6) is 0. The molecule has 2 aromatic rings. The fraction of sp³-hybridized carbons (Fsp3) is 0.600. The highest BCUT2D eigenvalue weighted by Crippen LogP contribution is 2.28. The third kappa shape index (κ3) is 3.56. The fourth-order valence-corrected chi connectivity index (χ4v) is 3.60. The number of rotatable bonds is 5. The molecule has 24 heavy (non-hydrogen) atoms. The maximum atomic E-state index is 12.7. The molecule has 0 bridgehead atoms. The number of aryl methyl sites for hydroxylation is 3. The molecule has 134 valence electrons. The van der Waals surface area contributed by atoms with Crippen molar-refractivity contribution in [1.29, 1.82) is 0 Å². The minimum Gasteiger partial charge on any atom is -0.380 e. The van der Waals surface area contributed by atoms with Crippen LogP contribution in [0.1, 0.15) is 23.8 Å². The Bertz CT molecular complexity index is 864.